The van der Waals surface area contributed by atoms with E-state index in [9.17, 15) is 0 Å². The van der Waals surface area contributed by atoms with Crippen LogP contribution < -0.4 is 10.6 Å². The molecule has 19 heavy (non-hydrogen) atoms. The van der Waals surface area contributed by atoms with Gasteiger partial charge in [0.15, 0.2) is 0 Å². The fourth-order valence-electron chi connectivity index (χ4n) is 2.51. The van der Waals surface area contributed by atoms with Crippen molar-refractivity contribution in [1.29, 1.82) is 5.41 Å². The Hall–Kier alpha value is -2.03. The molecule has 0 aromatic heterocycles. The monoisotopic (exact) mass is 255 g/mol. The maximum absolute atomic E-state index is 7.69. The summed E-state index contributed by atoms with van der Waals surface area (Å²) >= 11 is 0. The van der Waals surface area contributed by atoms with Crippen molar-refractivity contribution in [2.75, 3.05) is 18.0 Å². The number of fused-ring (bicyclic) bond motifs is 1. The summed E-state index contributed by atoms with van der Waals surface area (Å²) in [5.41, 5.74) is 7.71. The highest BCUT2D eigenvalue weighted by Crippen LogP contribution is 2.29. The van der Waals surface area contributed by atoms with Gasteiger partial charge in [-0.15, -0.1) is 0 Å². The van der Waals surface area contributed by atoms with E-state index >= 15 is 0 Å². The number of hydrogen-bond acceptors (Lipinski definition) is 2. The van der Waals surface area contributed by atoms with Crippen LogP contribution in [-0.2, 0) is 0 Å². The van der Waals surface area contributed by atoms with Crippen LogP contribution in [0.2, 0.25) is 0 Å². The molecule has 0 aliphatic heterocycles. The lowest BCUT2D eigenvalue weighted by molar-refractivity contribution is 0.795. The highest BCUT2D eigenvalue weighted by Gasteiger charge is 2.11. The van der Waals surface area contributed by atoms with E-state index < -0.39 is 0 Å². The molecule has 3 N–H and O–H groups in total. The number of amidine groups is 1. The number of anilines is 1. The van der Waals surface area contributed by atoms with E-state index in [2.05, 4.69) is 30.9 Å². The lowest BCUT2D eigenvalue weighted by atomic mass is 10.0. The van der Waals surface area contributed by atoms with Gasteiger partial charge in [-0.05, 0) is 30.9 Å². The van der Waals surface area contributed by atoms with Gasteiger partial charge in [-0.25, -0.2) is 0 Å². The van der Waals surface area contributed by atoms with Gasteiger partial charge >= 0.3 is 0 Å². The molecule has 0 atom stereocenters. The zero-order valence-corrected chi connectivity index (χ0v) is 11.6. The van der Waals surface area contributed by atoms with Crippen molar-refractivity contribution in [2.45, 2.75) is 20.3 Å². The first-order valence-corrected chi connectivity index (χ1v) is 6.80. The predicted octanol–water partition coefficient (Wildman–Crippen LogP) is 3.36. The smallest absolute Gasteiger partial charge is 0.123 e. The highest BCUT2D eigenvalue weighted by atomic mass is 15.1. The van der Waals surface area contributed by atoms with Gasteiger partial charge < -0.3 is 10.6 Å². The van der Waals surface area contributed by atoms with Crippen molar-refractivity contribution in [3.05, 3.63) is 42.0 Å². The SMILES string of the molecule is CCCN(CC)c1ccc(C(=N)N)c2ccccc12. The molecule has 3 heteroatoms. The Morgan fingerprint density at radius 1 is 1.11 bits per heavy atom. The van der Waals surface area contributed by atoms with E-state index in [0.29, 0.717) is 0 Å². The first-order chi connectivity index (χ1) is 9.19. The largest absolute Gasteiger partial charge is 0.384 e. The van der Waals surface area contributed by atoms with Gasteiger partial charge in [-0.1, -0.05) is 31.2 Å². The lowest BCUT2D eigenvalue weighted by Gasteiger charge is -2.24. The minimum absolute atomic E-state index is 0.126. The van der Waals surface area contributed by atoms with E-state index in [0.717, 1.165) is 30.5 Å². The number of nitrogen functional groups attached to an aromatic ring is 1. The minimum atomic E-state index is 0.126. The van der Waals surface area contributed by atoms with Crippen LogP contribution in [0.3, 0.4) is 0 Å². The molecule has 0 heterocycles. The summed E-state index contributed by atoms with van der Waals surface area (Å²) < 4.78 is 0. The summed E-state index contributed by atoms with van der Waals surface area (Å²) in [6, 6.07) is 12.2. The zero-order valence-electron chi connectivity index (χ0n) is 11.6. The summed E-state index contributed by atoms with van der Waals surface area (Å²) in [6.45, 7) is 6.38. The normalized spacial score (nSPS) is 10.6. The van der Waals surface area contributed by atoms with Crippen molar-refractivity contribution in [3.8, 4) is 0 Å². The molecular formula is C16H21N3. The maximum Gasteiger partial charge on any atom is 0.123 e. The van der Waals surface area contributed by atoms with Gasteiger partial charge in [0.05, 0.1) is 0 Å². The van der Waals surface area contributed by atoms with Crippen LogP contribution in [0.15, 0.2) is 36.4 Å². The average molecular weight is 255 g/mol. The topological polar surface area (TPSA) is 53.1 Å². The third-order valence-electron chi connectivity index (χ3n) is 3.41. The van der Waals surface area contributed by atoms with Crippen LogP contribution in [0, 0.1) is 5.41 Å². The molecule has 100 valence electrons. The number of rotatable bonds is 5. The van der Waals surface area contributed by atoms with E-state index in [-0.39, 0.29) is 5.84 Å². The molecule has 0 aliphatic rings. The molecule has 0 saturated heterocycles. The third-order valence-corrected chi connectivity index (χ3v) is 3.41. The minimum Gasteiger partial charge on any atom is -0.384 e. The van der Waals surface area contributed by atoms with Crippen LogP contribution in [0.4, 0.5) is 5.69 Å². The molecule has 0 unspecified atom stereocenters. The summed E-state index contributed by atoms with van der Waals surface area (Å²) in [5, 5.41) is 9.91. The van der Waals surface area contributed by atoms with Crippen LogP contribution in [0.25, 0.3) is 10.8 Å². The van der Waals surface area contributed by atoms with Gasteiger partial charge in [-0.2, -0.15) is 0 Å². The number of benzene rings is 2. The van der Waals surface area contributed by atoms with Crippen molar-refractivity contribution in [2.24, 2.45) is 5.73 Å². The standard InChI is InChI=1S/C16H21N3/c1-3-11-19(4-2)15-10-9-14(16(17)18)12-7-5-6-8-13(12)15/h5-10H,3-4,11H2,1-2H3,(H3,17,18). The highest BCUT2D eigenvalue weighted by molar-refractivity contribution is 6.10. The Kier molecular flexibility index (Phi) is 4.05. The molecule has 2 aromatic rings. The number of hydrogen-bond donors (Lipinski definition) is 2. The molecule has 0 radical (unpaired) electrons. The molecule has 0 fully saturated rings. The Bertz CT molecular complexity index is 590. The second-order valence-electron chi connectivity index (χ2n) is 4.67. The Balaban J connectivity index is 2.64. The molecular weight excluding hydrogens is 234 g/mol. The summed E-state index contributed by atoms with van der Waals surface area (Å²) in [5.74, 6) is 0.126. The molecule has 0 amide bonds. The Morgan fingerprint density at radius 2 is 1.79 bits per heavy atom. The average Bonchev–Trinajstić information content (AvgIpc) is 2.43. The van der Waals surface area contributed by atoms with E-state index in [4.69, 9.17) is 11.1 Å². The van der Waals surface area contributed by atoms with Gasteiger partial charge in [0.2, 0.25) is 0 Å². The maximum atomic E-state index is 7.69. The summed E-state index contributed by atoms with van der Waals surface area (Å²) in [7, 11) is 0. The van der Waals surface area contributed by atoms with Crippen LogP contribution in [0.1, 0.15) is 25.8 Å². The number of nitrogens with one attached hydrogen (secondary N) is 1. The second-order valence-corrected chi connectivity index (χ2v) is 4.67. The van der Waals surface area contributed by atoms with Gasteiger partial charge in [0.1, 0.15) is 5.84 Å². The predicted molar refractivity (Wildman–Crippen MR) is 83.1 cm³/mol. The van der Waals surface area contributed by atoms with Crippen LogP contribution >= 0.6 is 0 Å². The third kappa shape index (κ3) is 2.55. The molecule has 0 bridgehead atoms. The molecule has 0 aliphatic carbocycles. The fraction of sp³-hybridized carbons (Fsp3) is 0.312. The van der Waals surface area contributed by atoms with Crippen molar-refractivity contribution in [1.82, 2.24) is 0 Å². The Labute approximate surface area is 114 Å². The van der Waals surface area contributed by atoms with Gasteiger partial charge in [-0.3, -0.25) is 5.41 Å². The van der Waals surface area contributed by atoms with Crippen molar-refractivity contribution >= 4 is 22.3 Å². The molecule has 2 aromatic carbocycles. The van der Waals surface area contributed by atoms with E-state index in [1.165, 1.54) is 11.1 Å². The first-order valence-electron chi connectivity index (χ1n) is 6.80. The summed E-state index contributed by atoms with van der Waals surface area (Å²) in [4.78, 5) is 2.37. The number of nitrogens with two attached hydrogens (primary N) is 1. The first kappa shape index (κ1) is 13.4. The van der Waals surface area contributed by atoms with Crippen LogP contribution in [0.5, 0.6) is 0 Å². The molecule has 0 spiro atoms. The van der Waals surface area contributed by atoms with Crippen molar-refractivity contribution < 1.29 is 0 Å². The molecule has 0 saturated carbocycles. The van der Waals surface area contributed by atoms with Gasteiger partial charge in [0.25, 0.3) is 0 Å². The van der Waals surface area contributed by atoms with Crippen LogP contribution in [-0.4, -0.2) is 18.9 Å². The van der Waals surface area contributed by atoms with E-state index in [1.54, 1.807) is 0 Å². The van der Waals surface area contributed by atoms with Crippen molar-refractivity contribution in [3.63, 3.8) is 0 Å². The molecule has 3 nitrogen and oxygen atoms in total. The second kappa shape index (κ2) is 5.74. The number of nitrogens with zero attached hydrogens (tertiary/aromatic N) is 1. The quantitative estimate of drug-likeness (QED) is 0.636. The van der Waals surface area contributed by atoms with Gasteiger partial charge in [0, 0.05) is 29.7 Å². The van der Waals surface area contributed by atoms with E-state index in [1.807, 2.05) is 24.3 Å². The molecule has 2 rings (SSSR count). The Morgan fingerprint density at radius 3 is 2.37 bits per heavy atom. The lowest BCUT2D eigenvalue weighted by Crippen LogP contribution is -2.24. The summed E-state index contributed by atoms with van der Waals surface area (Å²) in [6.07, 6.45) is 1.12. The zero-order chi connectivity index (χ0) is 13.8. The fourth-order valence-corrected chi connectivity index (χ4v) is 2.51.